The van der Waals surface area contributed by atoms with Gasteiger partial charge in [-0.1, -0.05) is 0 Å². The predicted molar refractivity (Wildman–Crippen MR) is 66.3 cm³/mol. The van der Waals surface area contributed by atoms with Crippen LogP contribution in [0.1, 0.15) is 10.4 Å². The molecule has 0 saturated heterocycles. The number of carbonyl (C=O) groups excluding carboxylic acids is 1. The number of hydrazine groups is 1. The first-order valence-electron chi connectivity index (χ1n) is 5.40. The molecule has 0 unspecified atom stereocenters. The van der Waals surface area contributed by atoms with Gasteiger partial charge in [-0.05, 0) is 12.1 Å². The van der Waals surface area contributed by atoms with E-state index < -0.39 is 23.4 Å². The van der Waals surface area contributed by atoms with Crippen LogP contribution in [0.25, 0.3) is 0 Å². The van der Waals surface area contributed by atoms with Gasteiger partial charge in [0.05, 0.1) is 5.56 Å². The smallest absolute Gasteiger partial charge is 0.257 e. The zero-order valence-electron chi connectivity index (χ0n) is 9.95. The number of nitrogen functional groups attached to an aromatic ring is 1. The van der Waals surface area contributed by atoms with E-state index in [9.17, 15) is 18.0 Å². The predicted octanol–water partition coefficient (Wildman–Crippen LogP) is 2.04. The van der Waals surface area contributed by atoms with E-state index in [1.54, 1.807) is 0 Å². The molecule has 0 radical (unpaired) electrons. The molecule has 2 rings (SSSR count). The topological polar surface area (TPSA) is 80.0 Å². The van der Waals surface area contributed by atoms with E-state index >= 15 is 0 Å². The molecule has 0 atom stereocenters. The van der Waals surface area contributed by atoms with Gasteiger partial charge in [-0.3, -0.25) is 4.79 Å². The Bertz CT molecular complexity index is 623. The summed E-state index contributed by atoms with van der Waals surface area (Å²) in [5.74, 6) is 0.446. The number of nitrogens with two attached hydrogens (primary N) is 1. The maximum Gasteiger partial charge on any atom is 0.257 e. The highest BCUT2D eigenvalue weighted by Gasteiger charge is 2.13. The summed E-state index contributed by atoms with van der Waals surface area (Å²) in [4.78, 5) is 15.6. The Morgan fingerprint density at radius 2 is 1.80 bits per heavy atom. The van der Waals surface area contributed by atoms with Crippen LogP contribution in [-0.4, -0.2) is 10.9 Å². The number of nitrogens with zero attached hydrogens (tertiary/aromatic N) is 1. The minimum Gasteiger partial charge on any atom is -0.322 e. The fourth-order valence-corrected chi connectivity index (χ4v) is 1.44. The lowest BCUT2D eigenvalue weighted by atomic mass is 10.2. The number of aromatic nitrogens is 1. The van der Waals surface area contributed by atoms with Crippen LogP contribution in [0.2, 0.25) is 0 Å². The summed E-state index contributed by atoms with van der Waals surface area (Å²) in [6.07, 6.45) is 1.22. The molecule has 0 saturated carbocycles. The first kappa shape index (κ1) is 13.8. The standard InChI is InChI=1S/C12H9F3N4O/c13-8-3-7(4-9(14)11(8)15)18-12(20)6-1-2-10(19-16)17-5-6/h1-5H,16H2,(H,17,19)(H,18,20). The van der Waals surface area contributed by atoms with Crippen molar-refractivity contribution in [3.8, 4) is 0 Å². The Morgan fingerprint density at radius 1 is 1.15 bits per heavy atom. The maximum absolute atomic E-state index is 13.0. The van der Waals surface area contributed by atoms with Gasteiger partial charge in [0.2, 0.25) is 0 Å². The molecular formula is C12H9F3N4O. The van der Waals surface area contributed by atoms with Crippen molar-refractivity contribution in [3.05, 3.63) is 53.5 Å². The van der Waals surface area contributed by atoms with Gasteiger partial charge in [0, 0.05) is 24.0 Å². The Balaban J connectivity index is 2.18. The van der Waals surface area contributed by atoms with Gasteiger partial charge in [-0.2, -0.15) is 0 Å². The fraction of sp³-hybridized carbons (Fsp3) is 0. The normalized spacial score (nSPS) is 10.2. The van der Waals surface area contributed by atoms with Crippen LogP contribution in [0, 0.1) is 17.5 Å². The minimum absolute atomic E-state index is 0.147. The van der Waals surface area contributed by atoms with E-state index in [1.807, 2.05) is 0 Å². The van der Waals surface area contributed by atoms with Crippen molar-refractivity contribution in [3.63, 3.8) is 0 Å². The summed E-state index contributed by atoms with van der Waals surface area (Å²) < 4.78 is 38.7. The molecule has 0 aliphatic carbocycles. The van der Waals surface area contributed by atoms with Crippen molar-refractivity contribution in [1.82, 2.24) is 4.98 Å². The molecule has 1 aromatic carbocycles. The van der Waals surface area contributed by atoms with Crippen molar-refractivity contribution in [1.29, 1.82) is 0 Å². The van der Waals surface area contributed by atoms with E-state index in [1.165, 1.54) is 18.3 Å². The van der Waals surface area contributed by atoms with Crippen LogP contribution in [0.15, 0.2) is 30.5 Å². The van der Waals surface area contributed by atoms with Gasteiger partial charge in [0.1, 0.15) is 5.82 Å². The first-order chi connectivity index (χ1) is 9.51. The molecule has 20 heavy (non-hydrogen) atoms. The van der Waals surface area contributed by atoms with Crippen molar-refractivity contribution in [2.45, 2.75) is 0 Å². The molecular weight excluding hydrogens is 273 g/mol. The third kappa shape index (κ3) is 2.86. The third-order valence-electron chi connectivity index (χ3n) is 2.42. The Kier molecular flexibility index (Phi) is 3.85. The molecule has 1 heterocycles. The second-order valence-corrected chi connectivity index (χ2v) is 3.78. The number of nitrogens with one attached hydrogen (secondary N) is 2. The van der Waals surface area contributed by atoms with Crippen LogP contribution >= 0.6 is 0 Å². The highest BCUT2D eigenvalue weighted by atomic mass is 19.2. The van der Waals surface area contributed by atoms with Gasteiger partial charge in [-0.15, -0.1) is 0 Å². The van der Waals surface area contributed by atoms with Crippen LogP contribution in [0.5, 0.6) is 0 Å². The number of anilines is 2. The molecule has 1 aromatic heterocycles. The molecule has 0 aliphatic rings. The summed E-state index contributed by atoms with van der Waals surface area (Å²) in [6.45, 7) is 0. The second-order valence-electron chi connectivity index (χ2n) is 3.78. The number of halogens is 3. The lowest BCUT2D eigenvalue weighted by Crippen LogP contribution is -2.14. The lowest BCUT2D eigenvalue weighted by molar-refractivity contribution is 0.102. The van der Waals surface area contributed by atoms with E-state index in [0.717, 1.165) is 0 Å². The van der Waals surface area contributed by atoms with E-state index in [0.29, 0.717) is 18.0 Å². The molecule has 104 valence electrons. The van der Waals surface area contributed by atoms with Crippen LogP contribution in [0.4, 0.5) is 24.7 Å². The zero-order valence-corrected chi connectivity index (χ0v) is 9.95. The first-order valence-corrected chi connectivity index (χ1v) is 5.40. The number of benzene rings is 1. The van der Waals surface area contributed by atoms with E-state index in [-0.39, 0.29) is 11.3 Å². The summed E-state index contributed by atoms with van der Waals surface area (Å²) >= 11 is 0. The second kappa shape index (κ2) is 5.57. The van der Waals surface area contributed by atoms with Crippen molar-refractivity contribution < 1.29 is 18.0 Å². The average Bonchev–Trinajstić information content (AvgIpc) is 2.44. The number of pyridine rings is 1. The number of rotatable bonds is 3. The van der Waals surface area contributed by atoms with Crippen molar-refractivity contribution >= 4 is 17.4 Å². The molecule has 0 fully saturated rings. The summed E-state index contributed by atoms with van der Waals surface area (Å²) in [5.41, 5.74) is 2.23. The number of hydrogen-bond donors (Lipinski definition) is 3. The minimum atomic E-state index is -1.59. The van der Waals surface area contributed by atoms with Gasteiger partial charge >= 0.3 is 0 Å². The average molecular weight is 282 g/mol. The largest absolute Gasteiger partial charge is 0.322 e. The number of carbonyl (C=O) groups is 1. The quantitative estimate of drug-likeness (QED) is 0.457. The van der Waals surface area contributed by atoms with Gasteiger partial charge < -0.3 is 10.7 Å². The molecule has 0 aliphatic heterocycles. The molecule has 4 N–H and O–H groups in total. The summed E-state index contributed by atoms with van der Waals surface area (Å²) in [7, 11) is 0. The molecule has 2 aromatic rings. The Labute approximate surface area is 111 Å². The monoisotopic (exact) mass is 282 g/mol. The van der Waals surface area contributed by atoms with Crippen LogP contribution in [-0.2, 0) is 0 Å². The highest BCUT2D eigenvalue weighted by Crippen LogP contribution is 2.18. The molecule has 8 heteroatoms. The number of amides is 1. The van der Waals surface area contributed by atoms with Gasteiger partial charge in [0.15, 0.2) is 17.5 Å². The van der Waals surface area contributed by atoms with Crippen molar-refractivity contribution in [2.75, 3.05) is 10.7 Å². The molecule has 1 amide bonds. The SMILES string of the molecule is NNc1ccc(C(=O)Nc2cc(F)c(F)c(F)c2)cn1. The van der Waals surface area contributed by atoms with E-state index in [2.05, 4.69) is 15.7 Å². The molecule has 0 bridgehead atoms. The number of hydrogen-bond acceptors (Lipinski definition) is 4. The van der Waals surface area contributed by atoms with Gasteiger partial charge in [0.25, 0.3) is 5.91 Å². The van der Waals surface area contributed by atoms with Crippen molar-refractivity contribution in [2.24, 2.45) is 5.84 Å². The lowest BCUT2D eigenvalue weighted by Gasteiger charge is -2.06. The van der Waals surface area contributed by atoms with Crippen LogP contribution in [0.3, 0.4) is 0 Å². The van der Waals surface area contributed by atoms with Gasteiger partial charge in [-0.25, -0.2) is 24.0 Å². The Morgan fingerprint density at radius 3 is 2.30 bits per heavy atom. The Hall–Kier alpha value is -2.61. The highest BCUT2D eigenvalue weighted by molar-refractivity contribution is 6.04. The molecule has 5 nitrogen and oxygen atoms in total. The molecule has 0 spiro atoms. The van der Waals surface area contributed by atoms with E-state index in [4.69, 9.17) is 5.84 Å². The maximum atomic E-state index is 13.0. The third-order valence-corrected chi connectivity index (χ3v) is 2.42. The summed E-state index contributed by atoms with van der Waals surface area (Å²) in [5, 5.41) is 2.23. The zero-order chi connectivity index (χ0) is 14.7. The van der Waals surface area contributed by atoms with Crippen LogP contribution < -0.4 is 16.6 Å². The fourth-order valence-electron chi connectivity index (χ4n) is 1.44. The summed E-state index contributed by atoms with van der Waals surface area (Å²) in [6, 6.07) is 4.22.